The van der Waals surface area contributed by atoms with Crippen LogP contribution in [0.2, 0.25) is 0 Å². The van der Waals surface area contributed by atoms with E-state index in [-0.39, 0.29) is 0 Å². The number of aryl methyl sites for hydroxylation is 2. The Morgan fingerprint density at radius 1 is 0.622 bits per heavy atom. The normalized spacial score (nSPS) is 12.6. The number of aromatic nitrogens is 1. The summed E-state index contributed by atoms with van der Waals surface area (Å²) in [5.41, 5.74) is 14.0. The van der Waals surface area contributed by atoms with E-state index in [2.05, 4.69) is 127 Å². The van der Waals surface area contributed by atoms with Gasteiger partial charge in [-0.1, -0.05) is 74.5 Å². The van der Waals surface area contributed by atoms with Gasteiger partial charge in [0.15, 0.2) is 0 Å². The summed E-state index contributed by atoms with van der Waals surface area (Å²) in [6, 6.07) is 37.8. The van der Waals surface area contributed by atoms with E-state index in [1.807, 2.05) is 0 Å². The predicted octanol–water partition coefficient (Wildman–Crippen LogP) is 9.62. The summed E-state index contributed by atoms with van der Waals surface area (Å²) < 4.78 is 0. The molecule has 1 aliphatic carbocycles. The predicted molar refractivity (Wildman–Crippen MR) is 158 cm³/mol. The molecule has 0 atom stereocenters. The molecular weight excluding hydrogens is 448 g/mol. The highest BCUT2D eigenvalue weighted by Crippen LogP contribution is 2.39. The van der Waals surface area contributed by atoms with Gasteiger partial charge < -0.3 is 10.3 Å². The first-order valence-corrected chi connectivity index (χ1v) is 13.3. The van der Waals surface area contributed by atoms with E-state index in [9.17, 15) is 0 Å². The number of para-hydroxylation sites is 2. The molecule has 0 spiro atoms. The minimum atomic E-state index is 0.421. The molecule has 0 unspecified atom stereocenters. The van der Waals surface area contributed by atoms with Crippen LogP contribution in [0.25, 0.3) is 44.1 Å². The second kappa shape index (κ2) is 8.67. The smallest absolute Gasteiger partial charge is 0.0465 e. The van der Waals surface area contributed by atoms with Crippen molar-refractivity contribution in [2.75, 3.05) is 5.32 Å². The number of hydrogen-bond acceptors (Lipinski definition) is 1. The molecule has 0 fully saturated rings. The molecule has 37 heavy (non-hydrogen) atoms. The van der Waals surface area contributed by atoms with Crippen LogP contribution in [0, 0.1) is 0 Å². The Bertz CT molecular complexity index is 1790. The maximum Gasteiger partial charge on any atom is 0.0465 e. The summed E-state index contributed by atoms with van der Waals surface area (Å²) >= 11 is 0. The average Bonchev–Trinajstić information content (AvgIpc) is 3.28. The van der Waals surface area contributed by atoms with Crippen molar-refractivity contribution < 1.29 is 0 Å². The second-order valence-corrected chi connectivity index (χ2v) is 10.5. The first-order valence-electron chi connectivity index (χ1n) is 13.3. The molecular formula is C35H30N2. The Hall–Kier alpha value is -4.30. The van der Waals surface area contributed by atoms with E-state index in [1.54, 1.807) is 0 Å². The van der Waals surface area contributed by atoms with Crippen molar-refractivity contribution in [3.63, 3.8) is 0 Å². The van der Waals surface area contributed by atoms with Crippen LogP contribution in [0.15, 0.2) is 103 Å². The molecule has 6 aromatic rings. The number of rotatable bonds is 5. The van der Waals surface area contributed by atoms with E-state index in [0.717, 1.165) is 11.4 Å². The van der Waals surface area contributed by atoms with Crippen LogP contribution >= 0.6 is 0 Å². The van der Waals surface area contributed by atoms with E-state index >= 15 is 0 Å². The average molecular weight is 479 g/mol. The number of anilines is 2. The Labute approximate surface area is 218 Å². The zero-order valence-electron chi connectivity index (χ0n) is 21.3. The summed E-state index contributed by atoms with van der Waals surface area (Å²) in [5, 5.41) is 6.27. The highest BCUT2D eigenvalue weighted by Gasteiger charge is 2.16. The van der Waals surface area contributed by atoms with Gasteiger partial charge in [0, 0.05) is 38.7 Å². The fourth-order valence-corrected chi connectivity index (χ4v) is 5.76. The minimum Gasteiger partial charge on any atom is -0.355 e. The Kier molecular flexibility index (Phi) is 5.14. The zero-order chi connectivity index (χ0) is 24.9. The molecule has 2 heteroatoms. The molecule has 1 heterocycles. The lowest BCUT2D eigenvalue weighted by atomic mass is 9.87. The molecule has 1 aliphatic rings. The monoisotopic (exact) mass is 478 g/mol. The first-order chi connectivity index (χ1) is 18.1. The third kappa shape index (κ3) is 3.81. The molecule has 180 valence electrons. The molecule has 7 rings (SSSR count). The third-order valence-electron chi connectivity index (χ3n) is 7.88. The van der Waals surface area contributed by atoms with E-state index < -0.39 is 0 Å². The lowest BCUT2D eigenvalue weighted by Crippen LogP contribution is -2.08. The molecule has 0 aliphatic heterocycles. The molecule has 1 aromatic heterocycles. The summed E-state index contributed by atoms with van der Waals surface area (Å²) in [6.07, 6.45) is 2.40. The van der Waals surface area contributed by atoms with Crippen LogP contribution in [0.1, 0.15) is 36.5 Å². The lowest BCUT2D eigenvalue weighted by molar-refractivity contribution is 0.840. The van der Waals surface area contributed by atoms with Crippen LogP contribution in [-0.2, 0) is 12.8 Å². The van der Waals surface area contributed by atoms with E-state index in [4.69, 9.17) is 0 Å². The maximum atomic E-state index is 3.74. The fraction of sp³-hybridized carbons (Fsp3) is 0.143. The van der Waals surface area contributed by atoms with Gasteiger partial charge in [0.2, 0.25) is 0 Å². The van der Waals surface area contributed by atoms with Crippen molar-refractivity contribution in [1.29, 1.82) is 0 Å². The molecule has 0 radical (unpaired) electrons. The highest BCUT2D eigenvalue weighted by atomic mass is 14.9. The topological polar surface area (TPSA) is 27.8 Å². The molecule has 0 bridgehead atoms. The second-order valence-electron chi connectivity index (χ2n) is 10.5. The molecule has 5 aromatic carbocycles. The van der Waals surface area contributed by atoms with Gasteiger partial charge in [0.05, 0.1) is 0 Å². The van der Waals surface area contributed by atoms with Gasteiger partial charge >= 0.3 is 0 Å². The molecule has 0 saturated carbocycles. The van der Waals surface area contributed by atoms with Crippen molar-refractivity contribution in [2.24, 2.45) is 0 Å². The summed E-state index contributed by atoms with van der Waals surface area (Å²) in [7, 11) is 0. The summed E-state index contributed by atoms with van der Waals surface area (Å²) in [5.74, 6) is 0.421. The number of fused-ring (bicyclic) bond motifs is 4. The standard InChI is InChI=1S/C35H30N2/c1-22(2)28-17-14-25(26-15-18-35-32(21-26)30-8-4-6-10-34(30)37-35)20-31(28)29-7-3-5-9-33(29)36-27-16-13-23-11-12-24(23)19-27/h3-10,13-22,36-37H,11-12H2,1-2H3. The van der Waals surface area contributed by atoms with Gasteiger partial charge in [-0.3, -0.25) is 0 Å². The van der Waals surface area contributed by atoms with Crippen molar-refractivity contribution in [2.45, 2.75) is 32.6 Å². The van der Waals surface area contributed by atoms with Crippen molar-refractivity contribution in [3.8, 4) is 22.3 Å². The SMILES string of the molecule is CC(C)c1ccc(-c2ccc3[nH]c4ccccc4c3c2)cc1-c1ccccc1Nc1ccc2c(c1)CC2. The largest absolute Gasteiger partial charge is 0.355 e. The minimum absolute atomic E-state index is 0.421. The molecule has 0 saturated heterocycles. The van der Waals surface area contributed by atoms with Crippen LogP contribution in [0.4, 0.5) is 11.4 Å². The Morgan fingerprint density at radius 2 is 1.38 bits per heavy atom. The Balaban J connectivity index is 1.34. The quantitative estimate of drug-likeness (QED) is 0.254. The number of nitrogens with one attached hydrogen (secondary N) is 2. The van der Waals surface area contributed by atoms with Gasteiger partial charge in [0.1, 0.15) is 0 Å². The molecule has 2 nitrogen and oxygen atoms in total. The van der Waals surface area contributed by atoms with E-state index in [0.29, 0.717) is 5.92 Å². The Morgan fingerprint density at radius 3 is 2.22 bits per heavy atom. The van der Waals surface area contributed by atoms with Gasteiger partial charge in [-0.25, -0.2) is 0 Å². The van der Waals surface area contributed by atoms with Crippen LogP contribution < -0.4 is 5.32 Å². The van der Waals surface area contributed by atoms with Gasteiger partial charge in [-0.05, 0) is 94.6 Å². The first kappa shape index (κ1) is 21.9. The third-order valence-corrected chi connectivity index (χ3v) is 7.88. The number of benzene rings is 5. The number of aromatic amines is 1. The molecule has 2 N–H and O–H groups in total. The fourth-order valence-electron chi connectivity index (χ4n) is 5.76. The maximum absolute atomic E-state index is 3.74. The number of hydrogen-bond donors (Lipinski definition) is 2. The summed E-state index contributed by atoms with van der Waals surface area (Å²) in [4.78, 5) is 3.55. The molecule has 0 amide bonds. The van der Waals surface area contributed by atoms with Gasteiger partial charge in [-0.2, -0.15) is 0 Å². The van der Waals surface area contributed by atoms with Crippen LogP contribution in [0.5, 0.6) is 0 Å². The van der Waals surface area contributed by atoms with Gasteiger partial charge in [-0.15, -0.1) is 0 Å². The number of H-pyrrole nitrogens is 1. The zero-order valence-corrected chi connectivity index (χ0v) is 21.3. The lowest BCUT2D eigenvalue weighted by Gasteiger charge is -2.21. The highest BCUT2D eigenvalue weighted by molar-refractivity contribution is 6.08. The summed E-state index contributed by atoms with van der Waals surface area (Å²) in [6.45, 7) is 4.56. The van der Waals surface area contributed by atoms with Crippen molar-refractivity contribution in [1.82, 2.24) is 4.98 Å². The van der Waals surface area contributed by atoms with Crippen LogP contribution in [-0.4, -0.2) is 4.98 Å². The van der Waals surface area contributed by atoms with Crippen molar-refractivity contribution in [3.05, 3.63) is 120 Å². The van der Waals surface area contributed by atoms with E-state index in [1.165, 1.54) is 73.6 Å². The van der Waals surface area contributed by atoms with Crippen molar-refractivity contribution >= 4 is 33.2 Å². The van der Waals surface area contributed by atoms with Crippen LogP contribution in [0.3, 0.4) is 0 Å². The van der Waals surface area contributed by atoms with Gasteiger partial charge in [0.25, 0.3) is 0 Å².